The van der Waals surface area contributed by atoms with Gasteiger partial charge in [-0.25, -0.2) is 0 Å². The number of oxime groups is 1. The lowest BCUT2D eigenvalue weighted by Crippen LogP contribution is -2.41. The minimum atomic E-state index is 0.286. The lowest BCUT2D eigenvalue weighted by Gasteiger charge is -2.34. The van der Waals surface area contributed by atoms with Crippen LogP contribution in [0.5, 0.6) is 0 Å². The van der Waals surface area contributed by atoms with Gasteiger partial charge >= 0.3 is 0 Å². The predicted molar refractivity (Wildman–Crippen MR) is 70.8 cm³/mol. The molecule has 1 saturated heterocycles. The second kappa shape index (κ2) is 5.89. The molecule has 2 fully saturated rings. The van der Waals surface area contributed by atoms with E-state index in [1.807, 2.05) is 0 Å². The molecule has 5 nitrogen and oxygen atoms in total. The fourth-order valence-electron chi connectivity index (χ4n) is 2.93. The molecule has 0 unspecified atom stereocenters. The van der Waals surface area contributed by atoms with E-state index in [4.69, 9.17) is 15.7 Å². The molecular weight excluding hydrogens is 230 g/mol. The van der Waals surface area contributed by atoms with E-state index in [0.717, 1.165) is 45.5 Å². The van der Waals surface area contributed by atoms with Crippen molar-refractivity contribution in [3.8, 4) is 0 Å². The first-order chi connectivity index (χ1) is 8.67. The van der Waals surface area contributed by atoms with Gasteiger partial charge in [-0.1, -0.05) is 5.16 Å². The van der Waals surface area contributed by atoms with Crippen LogP contribution < -0.4 is 5.73 Å². The Hall–Kier alpha value is -0.810. The van der Waals surface area contributed by atoms with Gasteiger partial charge in [-0.05, 0) is 38.0 Å². The van der Waals surface area contributed by atoms with Crippen molar-refractivity contribution in [1.82, 2.24) is 4.90 Å². The third-order valence-corrected chi connectivity index (χ3v) is 4.14. The van der Waals surface area contributed by atoms with Crippen LogP contribution >= 0.6 is 0 Å². The first-order valence-corrected chi connectivity index (χ1v) is 6.98. The van der Waals surface area contributed by atoms with E-state index in [1.165, 1.54) is 12.8 Å². The Bertz CT molecular complexity index is 295. The second-order valence-corrected chi connectivity index (χ2v) is 5.70. The van der Waals surface area contributed by atoms with Gasteiger partial charge in [-0.15, -0.1) is 0 Å². The van der Waals surface area contributed by atoms with Crippen LogP contribution in [0.3, 0.4) is 0 Å². The van der Waals surface area contributed by atoms with Crippen LogP contribution in [0.4, 0.5) is 0 Å². The van der Waals surface area contributed by atoms with Crippen molar-refractivity contribution >= 4 is 5.84 Å². The molecule has 2 aliphatic rings. The maximum Gasteiger partial charge on any atom is 0.139 e. The van der Waals surface area contributed by atoms with E-state index in [0.29, 0.717) is 11.9 Å². The normalized spacial score (nSPS) is 25.3. The Morgan fingerprint density at radius 1 is 1.44 bits per heavy atom. The lowest BCUT2D eigenvalue weighted by atomic mass is 9.99. The van der Waals surface area contributed by atoms with Crippen molar-refractivity contribution in [3.05, 3.63) is 0 Å². The van der Waals surface area contributed by atoms with Gasteiger partial charge in [0.1, 0.15) is 5.84 Å². The van der Waals surface area contributed by atoms with Crippen LogP contribution in [-0.2, 0) is 4.74 Å². The zero-order valence-electron chi connectivity index (χ0n) is 11.3. The van der Waals surface area contributed by atoms with Crippen LogP contribution in [0.15, 0.2) is 5.16 Å². The Morgan fingerprint density at radius 2 is 2.11 bits per heavy atom. The lowest BCUT2D eigenvalue weighted by molar-refractivity contribution is 0.0102. The molecule has 1 aliphatic heterocycles. The summed E-state index contributed by atoms with van der Waals surface area (Å²) < 4.78 is 5.66. The summed E-state index contributed by atoms with van der Waals surface area (Å²) in [4.78, 5) is 2.51. The molecule has 5 heteroatoms. The summed E-state index contributed by atoms with van der Waals surface area (Å²) in [5.41, 5.74) is 5.91. The highest BCUT2D eigenvalue weighted by Gasteiger charge is 2.44. The highest BCUT2D eigenvalue weighted by molar-refractivity contribution is 5.80. The zero-order valence-corrected chi connectivity index (χ0v) is 11.3. The van der Waals surface area contributed by atoms with E-state index in [-0.39, 0.29) is 5.41 Å². The molecule has 0 aromatic heterocycles. The third kappa shape index (κ3) is 3.59. The van der Waals surface area contributed by atoms with Crippen molar-refractivity contribution in [2.75, 3.05) is 26.2 Å². The average Bonchev–Trinajstić information content (AvgIpc) is 3.11. The van der Waals surface area contributed by atoms with Gasteiger partial charge in [0.05, 0.1) is 6.10 Å². The molecule has 1 aliphatic carbocycles. The average molecular weight is 255 g/mol. The van der Waals surface area contributed by atoms with E-state index in [9.17, 15) is 0 Å². The number of rotatable bonds is 6. The van der Waals surface area contributed by atoms with E-state index in [2.05, 4.69) is 17.0 Å². The predicted octanol–water partition coefficient (Wildman–Crippen LogP) is 1.40. The SMILES string of the molecule is CCOC1CCN(CC2(CC(N)=NO)CC2)CC1. The molecule has 2 rings (SSSR count). The van der Waals surface area contributed by atoms with Gasteiger partial charge in [0, 0.05) is 32.7 Å². The van der Waals surface area contributed by atoms with Crippen LogP contribution in [0.2, 0.25) is 0 Å². The van der Waals surface area contributed by atoms with Crippen LogP contribution in [0.1, 0.15) is 39.0 Å². The monoisotopic (exact) mass is 255 g/mol. The van der Waals surface area contributed by atoms with Gasteiger partial charge in [-0.2, -0.15) is 0 Å². The van der Waals surface area contributed by atoms with Crippen molar-refractivity contribution in [3.63, 3.8) is 0 Å². The summed E-state index contributed by atoms with van der Waals surface area (Å²) in [7, 11) is 0. The van der Waals surface area contributed by atoms with Gasteiger partial charge in [0.2, 0.25) is 0 Å². The first-order valence-electron chi connectivity index (χ1n) is 6.98. The Labute approximate surface area is 109 Å². The van der Waals surface area contributed by atoms with E-state index in [1.54, 1.807) is 0 Å². The molecule has 1 heterocycles. The number of nitrogens with two attached hydrogens (primary N) is 1. The highest BCUT2D eigenvalue weighted by Crippen LogP contribution is 2.49. The van der Waals surface area contributed by atoms with Gasteiger partial charge in [0.25, 0.3) is 0 Å². The molecule has 0 spiro atoms. The maximum absolute atomic E-state index is 8.66. The molecule has 3 N–H and O–H groups in total. The van der Waals surface area contributed by atoms with Crippen LogP contribution in [-0.4, -0.2) is 48.3 Å². The number of likely N-dealkylation sites (tertiary alicyclic amines) is 1. The quantitative estimate of drug-likeness (QED) is 0.326. The Morgan fingerprint density at radius 3 is 2.61 bits per heavy atom. The van der Waals surface area contributed by atoms with Crippen LogP contribution in [0, 0.1) is 5.41 Å². The fourth-order valence-corrected chi connectivity index (χ4v) is 2.93. The van der Waals surface area contributed by atoms with Crippen molar-refractivity contribution in [2.45, 2.75) is 45.1 Å². The summed E-state index contributed by atoms with van der Waals surface area (Å²) in [6.07, 6.45) is 5.85. The molecule has 0 radical (unpaired) electrons. The number of amidine groups is 1. The summed E-state index contributed by atoms with van der Waals surface area (Å²) in [6.45, 7) is 6.19. The standard InChI is InChI=1S/C13H25N3O2/c1-2-18-11-3-7-16(8-4-11)10-13(5-6-13)9-12(14)15-17/h11,17H,2-10H2,1H3,(H2,14,15). The van der Waals surface area contributed by atoms with Gasteiger partial charge < -0.3 is 20.6 Å². The highest BCUT2D eigenvalue weighted by atomic mass is 16.5. The third-order valence-electron chi connectivity index (χ3n) is 4.14. The molecule has 104 valence electrons. The molecule has 1 saturated carbocycles. The van der Waals surface area contributed by atoms with Crippen LogP contribution in [0.25, 0.3) is 0 Å². The number of piperidine rings is 1. The van der Waals surface area contributed by atoms with E-state index >= 15 is 0 Å². The first kappa shape index (κ1) is 13.6. The van der Waals surface area contributed by atoms with Crippen molar-refractivity contribution < 1.29 is 9.94 Å². The molecule has 0 amide bonds. The second-order valence-electron chi connectivity index (χ2n) is 5.70. The smallest absolute Gasteiger partial charge is 0.139 e. The molecule has 18 heavy (non-hydrogen) atoms. The summed E-state index contributed by atoms with van der Waals surface area (Å²) in [5, 5.41) is 11.8. The number of hydrogen-bond donors (Lipinski definition) is 2. The molecular formula is C13H25N3O2. The Balaban J connectivity index is 1.74. The summed E-state index contributed by atoms with van der Waals surface area (Å²) >= 11 is 0. The minimum absolute atomic E-state index is 0.286. The van der Waals surface area contributed by atoms with Gasteiger partial charge in [0.15, 0.2) is 0 Å². The molecule has 0 bridgehead atoms. The molecule has 0 aromatic rings. The number of hydrogen-bond acceptors (Lipinski definition) is 4. The zero-order chi connectivity index (χ0) is 13.0. The van der Waals surface area contributed by atoms with Crippen molar-refractivity contribution in [2.24, 2.45) is 16.3 Å². The maximum atomic E-state index is 8.66. The minimum Gasteiger partial charge on any atom is -0.409 e. The number of ether oxygens (including phenoxy) is 1. The molecule has 0 aromatic carbocycles. The molecule has 0 atom stereocenters. The topological polar surface area (TPSA) is 71.1 Å². The van der Waals surface area contributed by atoms with E-state index < -0.39 is 0 Å². The van der Waals surface area contributed by atoms with Crippen molar-refractivity contribution in [1.29, 1.82) is 0 Å². The Kier molecular flexibility index (Phi) is 4.45. The van der Waals surface area contributed by atoms with Gasteiger partial charge in [-0.3, -0.25) is 0 Å². The number of nitrogens with zero attached hydrogens (tertiary/aromatic N) is 2. The fraction of sp³-hybridized carbons (Fsp3) is 0.923. The largest absolute Gasteiger partial charge is 0.409 e. The summed E-state index contributed by atoms with van der Waals surface area (Å²) in [5.74, 6) is 0.372. The summed E-state index contributed by atoms with van der Waals surface area (Å²) in [6, 6.07) is 0.